The van der Waals surface area contributed by atoms with Gasteiger partial charge in [-0.05, 0) is 50.2 Å². The molecule has 2 N–H and O–H groups in total. The number of benzene rings is 1. The summed E-state index contributed by atoms with van der Waals surface area (Å²) in [4.78, 5) is 14.5. The van der Waals surface area contributed by atoms with Crippen LogP contribution in [0.3, 0.4) is 0 Å². The fraction of sp³-hybridized carbons (Fsp3) is 0.211. The van der Waals surface area contributed by atoms with Crippen LogP contribution in [0.5, 0.6) is 11.5 Å². The predicted octanol–water partition coefficient (Wildman–Crippen LogP) is 3.62. The number of H-pyrrole nitrogens is 1. The summed E-state index contributed by atoms with van der Waals surface area (Å²) in [6.45, 7) is 3.83. The normalized spacial score (nSPS) is 11.3. The second kappa shape index (κ2) is 8.05. The number of carbonyl (C=O) groups excluding carboxylic acids is 1. The maximum absolute atomic E-state index is 12.3. The zero-order chi connectivity index (χ0) is 19.4. The quantitative estimate of drug-likeness (QED) is 0.502. The maximum atomic E-state index is 12.3. The lowest BCUT2D eigenvalue weighted by Gasteiger charge is -2.09. The molecule has 140 valence electrons. The third-order valence-corrected chi connectivity index (χ3v) is 4.98. The number of aromatic amines is 1. The van der Waals surface area contributed by atoms with E-state index in [9.17, 15) is 4.79 Å². The average Bonchev–Trinajstić information content (AvgIpc) is 3.34. The van der Waals surface area contributed by atoms with Crippen molar-refractivity contribution in [3.63, 3.8) is 0 Å². The van der Waals surface area contributed by atoms with Gasteiger partial charge < -0.3 is 9.47 Å². The highest BCUT2D eigenvalue weighted by molar-refractivity contribution is 7.15. The lowest BCUT2D eigenvalue weighted by molar-refractivity contribution is 0.0950. The van der Waals surface area contributed by atoms with Crippen LogP contribution < -0.4 is 14.9 Å². The average molecular weight is 384 g/mol. The second-order valence-electron chi connectivity index (χ2n) is 5.79. The molecule has 0 atom stereocenters. The Morgan fingerprint density at radius 3 is 2.59 bits per heavy atom. The molecule has 0 aliphatic rings. The number of carbonyl (C=O) groups is 1. The molecule has 1 aromatic carbocycles. The van der Waals surface area contributed by atoms with Gasteiger partial charge >= 0.3 is 0 Å². The fourth-order valence-electron chi connectivity index (χ4n) is 2.46. The number of methoxy groups -OCH3 is 2. The van der Waals surface area contributed by atoms with Crippen LogP contribution in [0.2, 0.25) is 0 Å². The van der Waals surface area contributed by atoms with E-state index in [0.717, 1.165) is 16.1 Å². The van der Waals surface area contributed by atoms with Crippen molar-refractivity contribution in [2.45, 2.75) is 13.8 Å². The molecule has 3 rings (SSSR count). The predicted molar refractivity (Wildman–Crippen MR) is 106 cm³/mol. The molecule has 0 unspecified atom stereocenters. The lowest BCUT2D eigenvalue weighted by atomic mass is 10.1. The van der Waals surface area contributed by atoms with E-state index >= 15 is 0 Å². The Labute approximate surface area is 161 Å². The van der Waals surface area contributed by atoms with Gasteiger partial charge in [-0.3, -0.25) is 9.89 Å². The van der Waals surface area contributed by atoms with Crippen LogP contribution in [0.15, 0.2) is 41.5 Å². The Kier molecular flexibility index (Phi) is 5.56. The third-order valence-electron chi connectivity index (χ3n) is 3.94. The summed E-state index contributed by atoms with van der Waals surface area (Å²) in [5.74, 6) is 0.843. The maximum Gasteiger partial charge on any atom is 0.291 e. The van der Waals surface area contributed by atoms with Gasteiger partial charge in [-0.1, -0.05) is 0 Å². The molecule has 0 radical (unpaired) electrons. The Morgan fingerprint density at radius 2 is 1.93 bits per heavy atom. The van der Waals surface area contributed by atoms with Crippen LogP contribution in [0, 0.1) is 6.92 Å². The molecule has 0 aliphatic heterocycles. The van der Waals surface area contributed by atoms with Crippen LogP contribution in [0.1, 0.15) is 27.9 Å². The Hall–Kier alpha value is -3.13. The summed E-state index contributed by atoms with van der Waals surface area (Å²) >= 11 is 1.64. The van der Waals surface area contributed by atoms with Crippen molar-refractivity contribution in [2.75, 3.05) is 14.2 Å². The molecule has 0 spiro atoms. The molecule has 0 bridgehead atoms. The number of hydrazone groups is 1. The molecule has 0 saturated carbocycles. The number of aromatic nitrogens is 2. The minimum Gasteiger partial charge on any atom is -0.493 e. The largest absolute Gasteiger partial charge is 0.493 e. The van der Waals surface area contributed by atoms with Crippen LogP contribution >= 0.6 is 11.3 Å². The highest BCUT2D eigenvalue weighted by Gasteiger charge is 2.12. The minimum atomic E-state index is -0.384. The first-order valence-corrected chi connectivity index (χ1v) is 9.02. The highest BCUT2D eigenvalue weighted by Crippen LogP contribution is 2.28. The molecule has 27 heavy (non-hydrogen) atoms. The van der Waals surface area contributed by atoms with Crippen molar-refractivity contribution in [2.24, 2.45) is 5.10 Å². The summed E-state index contributed by atoms with van der Waals surface area (Å²) < 4.78 is 10.5. The Balaban J connectivity index is 1.72. The van der Waals surface area contributed by atoms with E-state index in [0.29, 0.717) is 17.2 Å². The topological polar surface area (TPSA) is 88.6 Å². The molecule has 0 aliphatic carbocycles. The summed E-state index contributed by atoms with van der Waals surface area (Å²) in [7, 11) is 3.15. The molecule has 2 aromatic heterocycles. The second-order valence-corrected chi connectivity index (χ2v) is 7.07. The molecule has 2 heterocycles. The van der Waals surface area contributed by atoms with Crippen molar-refractivity contribution in [3.8, 4) is 22.1 Å². The highest BCUT2D eigenvalue weighted by atomic mass is 32.1. The molecule has 8 heteroatoms. The molecule has 0 saturated heterocycles. The van der Waals surface area contributed by atoms with Gasteiger partial charge in [-0.25, -0.2) is 5.43 Å². The van der Waals surface area contributed by atoms with E-state index in [-0.39, 0.29) is 11.6 Å². The summed E-state index contributed by atoms with van der Waals surface area (Å²) in [5, 5.41) is 11.1. The zero-order valence-corrected chi connectivity index (χ0v) is 16.3. The first-order chi connectivity index (χ1) is 13.0. The van der Waals surface area contributed by atoms with Crippen LogP contribution in [-0.4, -0.2) is 36.0 Å². The standard InChI is InChI=1S/C19H20N4O3S/c1-11-5-8-18(27-11)14-10-15(22-21-14)19(24)23-20-12(2)13-6-7-16(25-3)17(9-13)26-4/h5-10H,1-4H3,(H,21,22)(H,23,24). The van der Waals surface area contributed by atoms with Crippen molar-refractivity contribution in [1.29, 1.82) is 0 Å². The molecular formula is C19H20N4O3S. The van der Waals surface area contributed by atoms with E-state index in [1.807, 2.05) is 25.1 Å². The van der Waals surface area contributed by atoms with E-state index in [1.165, 1.54) is 4.88 Å². The van der Waals surface area contributed by atoms with Crippen molar-refractivity contribution in [3.05, 3.63) is 52.5 Å². The molecule has 0 fully saturated rings. The van der Waals surface area contributed by atoms with Gasteiger partial charge in [-0.15, -0.1) is 11.3 Å². The number of nitrogens with zero attached hydrogens (tertiary/aromatic N) is 2. The number of hydrogen-bond acceptors (Lipinski definition) is 6. The van der Waals surface area contributed by atoms with Crippen LogP contribution in [-0.2, 0) is 0 Å². The van der Waals surface area contributed by atoms with Crippen LogP contribution in [0.4, 0.5) is 0 Å². The number of amides is 1. The van der Waals surface area contributed by atoms with Gasteiger partial charge in [0, 0.05) is 10.4 Å². The van der Waals surface area contributed by atoms with E-state index in [4.69, 9.17) is 9.47 Å². The van der Waals surface area contributed by atoms with Crippen molar-refractivity contribution >= 4 is 23.0 Å². The van der Waals surface area contributed by atoms with Gasteiger partial charge in [0.15, 0.2) is 17.2 Å². The lowest BCUT2D eigenvalue weighted by Crippen LogP contribution is -2.19. The summed E-state index contributed by atoms with van der Waals surface area (Å²) in [5.41, 5.74) is 5.06. The Morgan fingerprint density at radius 1 is 1.15 bits per heavy atom. The first-order valence-electron chi connectivity index (χ1n) is 8.21. The first kappa shape index (κ1) is 18.7. The van der Waals surface area contributed by atoms with E-state index in [2.05, 4.69) is 20.7 Å². The van der Waals surface area contributed by atoms with E-state index in [1.54, 1.807) is 50.7 Å². The van der Waals surface area contributed by atoms with Crippen molar-refractivity contribution < 1.29 is 14.3 Å². The van der Waals surface area contributed by atoms with Gasteiger partial charge in [0.2, 0.25) is 0 Å². The summed E-state index contributed by atoms with van der Waals surface area (Å²) in [6, 6.07) is 11.2. The van der Waals surface area contributed by atoms with Gasteiger partial charge in [0.1, 0.15) is 0 Å². The fourth-order valence-corrected chi connectivity index (χ4v) is 3.29. The monoisotopic (exact) mass is 384 g/mol. The van der Waals surface area contributed by atoms with E-state index < -0.39 is 0 Å². The molecular weight excluding hydrogens is 364 g/mol. The van der Waals surface area contributed by atoms with Gasteiger partial charge in [0.05, 0.1) is 30.5 Å². The van der Waals surface area contributed by atoms with Crippen molar-refractivity contribution in [1.82, 2.24) is 15.6 Å². The third kappa shape index (κ3) is 4.17. The number of thiophene rings is 1. The summed E-state index contributed by atoms with van der Waals surface area (Å²) in [6.07, 6.45) is 0. The molecule has 7 nitrogen and oxygen atoms in total. The van der Waals surface area contributed by atoms with Gasteiger partial charge in [-0.2, -0.15) is 10.2 Å². The van der Waals surface area contributed by atoms with Crippen LogP contribution in [0.25, 0.3) is 10.6 Å². The van der Waals surface area contributed by atoms with Gasteiger partial charge in [0.25, 0.3) is 5.91 Å². The number of rotatable bonds is 6. The minimum absolute atomic E-state index is 0.278. The zero-order valence-electron chi connectivity index (χ0n) is 15.5. The number of ether oxygens (including phenoxy) is 2. The number of aryl methyl sites for hydroxylation is 1. The Bertz CT molecular complexity index is 991. The SMILES string of the molecule is COc1ccc(C(C)=NNC(=O)c2cc(-c3ccc(C)s3)[nH]n2)cc1OC. The molecule has 3 aromatic rings. The molecule has 1 amide bonds. The smallest absolute Gasteiger partial charge is 0.291 e. The number of nitrogens with one attached hydrogen (secondary N) is 2. The number of hydrogen-bond donors (Lipinski definition) is 2.